The molecule has 1 unspecified atom stereocenters. The summed E-state index contributed by atoms with van der Waals surface area (Å²) >= 11 is 0. The maximum atomic E-state index is 12.0. The lowest BCUT2D eigenvalue weighted by atomic mass is 10.2. The zero-order chi connectivity index (χ0) is 13.1. The van der Waals surface area contributed by atoms with Gasteiger partial charge >= 0.3 is 0 Å². The summed E-state index contributed by atoms with van der Waals surface area (Å²) in [6.07, 6.45) is 1.88. The summed E-state index contributed by atoms with van der Waals surface area (Å²) in [5, 5.41) is 6.99. The molecule has 100 valence electrons. The van der Waals surface area contributed by atoms with Crippen LogP contribution < -0.4 is 10.6 Å². The minimum Gasteiger partial charge on any atom is -0.462 e. The van der Waals surface area contributed by atoms with Crippen LogP contribution in [0.15, 0.2) is 34.9 Å². The number of amides is 1. The lowest BCUT2D eigenvalue weighted by molar-refractivity contribution is -0.119. The van der Waals surface area contributed by atoms with Crippen LogP contribution in [0, 0.1) is 0 Å². The van der Waals surface area contributed by atoms with Crippen molar-refractivity contribution in [2.45, 2.75) is 12.5 Å². The molecule has 1 saturated heterocycles. The maximum Gasteiger partial charge on any atom is 0.227 e. The molecular formula is C14H16N2O3. The highest BCUT2D eigenvalue weighted by Crippen LogP contribution is 2.25. The summed E-state index contributed by atoms with van der Waals surface area (Å²) < 4.78 is 10.9. The molecule has 2 N–H and O–H groups in total. The summed E-state index contributed by atoms with van der Waals surface area (Å²) in [4.78, 5) is 12.0. The third kappa shape index (κ3) is 2.77. The van der Waals surface area contributed by atoms with Crippen LogP contribution in [0.2, 0.25) is 0 Å². The SMILES string of the molecule is O=C(CC1CNCCO1)Nc1coc2ccccc12. The van der Waals surface area contributed by atoms with E-state index in [4.69, 9.17) is 9.15 Å². The Labute approximate surface area is 110 Å². The molecule has 0 aliphatic carbocycles. The predicted molar refractivity (Wildman–Crippen MR) is 72.1 cm³/mol. The number of hydrogen-bond acceptors (Lipinski definition) is 4. The fraction of sp³-hybridized carbons (Fsp3) is 0.357. The predicted octanol–water partition coefficient (Wildman–Crippen LogP) is 1.75. The molecule has 1 amide bonds. The maximum absolute atomic E-state index is 12.0. The Balaban J connectivity index is 1.65. The van der Waals surface area contributed by atoms with Gasteiger partial charge in [0.1, 0.15) is 11.8 Å². The molecule has 19 heavy (non-hydrogen) atoms. The van der Waals surface area contributed by atoms with E-state index in [0.29, 0.717) is 18.7 Å². The molecule has 1 atom stereocenters. The Bertz CT molecular complexity index is 573. The number of hydrogen-bond donors (Lipinski definition) is 2. The number of carbonyl (C=O) groups is 1. The van der Waals surface area contributed by atoms with Crippen LogP contribution in [0.3, 0.4) is 0 Å². The number of carbonyl (C=O) groups excluding carboxylic acids is 1. The van der Waals surface area contributed by atoms with Gasteiger partial charge in [-0.3, -0.25) is 4.79 Å². The first-order valence-corrected chi connectivity index (χ1v) is 6.41. The van der Waals surface area contributed by atoms with Crippen LogP contribution in [0.5, 0.6) is 0 Å². The third-order valence-electron chi connectivity index (χ3n) is 3.17. The van der Waals surface area contributed by atoms with Crippen LogP contribution in [-0.2, 0) is 9.53 Å². The molecule has 3 rings (SSSR count). The highest BCUT2D eigenvalue weighted by molar-refractivity contribution is 6.00. The van der Waals surface area contributed by atoms with Gasteiger partial charge in [-0.05, 0) is 12.1 Å². The fourth-order valence-corrected chi connectivity index (χ4v) is 2.23. The third-order valence-corrected chi connectivity index (χ3v) is 3.17. The first-order chi connectivity index (χ1) is 9.33. The number of morpholine rings is 1. The molecule has 5 nitrogen and oxygen atoms in total. The van der Waals surface area contributed by atoms with Crippen molar-refractivity contribution in [1.82, 2.24) is 5.32 Å². The zero-order valence-corrected chi connectivity index (χ0v) is 10.5. The number of para-hydroxylation sites is 1. The number of rotatable bonds is 3. The summed E-state index contributed by atoms with van der Waals surface area (Å²) in [6, 6.07) is 7.62. The summed E-state index contributed by atoms with van der Waals surface area (Å²) in [7, 11) is 0. The second-order valence-corrected chi connectivity index (χ2v) is 4.59. The highest BCUT2D eigenvalue weighted by Gasteiger charge is 2.18. The van der Waals surface area contributed by atoms with Crippen molar-refractivity contribution in [3.05, 3.63) is 30.5 Å². The van der Waals surface area contributed by atoms with Gasteiger partial charge in [0, 0.05) is 18.5 Å². The standard InChI is InChI=1S/C14H16N2O3/c17-14(7-10-8-15-5-6-18-10)16-12-9-19-13-4-2-1-3-11(12)13/h1-4,9-10,15H,5-8H2,(H,16,17). The molecule has 1 aromatic carbocycles. The second kappa shape index (κ2) is 5.42. The van der Waals surface area contributed by atoms with Crippen LogP contribution >= 0.6 is 0 Å². The molecule has 0 saturated carbocycles. The monoisotopic (exact) mass is 260 g/mol. The molecule has 0 spiro atoms. The topological polar surface area (TPSA) is 63.5 Å². The summed E-state index contributed by atoms with van der Waals surface area (Å²) in [6.45, 7) is 2.23. The first-order valence-electron chi connectivity index (χ1n) is 6.41. The quantitative estimate of drug-likeness (QED) is 0.882. The number of benzene rings is 1. The lowest BCUT2D eigenvalue weighted by Crippen LogP contribution is -2.40. The lowest BCUT2D eigenvalue weighted by Gasteiger charge is -2.22. The molecule has 1 aliphatic rings. The van der Waals surface area contributed by atoms with Gasteiger partial charge in [-0.1, -0.05) is 12.1 Å². The molecule has 2 aromatic rings. The molecule has 5 heteroatoms. The van der Waals surface area contributed by atoms with Gasteiger partial charge < -0.3 is 19.8 Å². The van der Waals surface area contributed by atoms with Crippen molar-refractivity contribution >= 4 is 22.6 Å². The molecule has 0 radical (unpaired) electrons. The van der Waals surface area contributed by atoms with Crippen molar-refractivity contribution in [3.8, 4) is 0 Å². The second-order valence-electron chi connectivity index (χ2n) is 4.59. The average molecular weight is 260 g/mol. The van der Waals surface area contributed by atoms with E-state index in [0.717, 1.165) is 24.1 Å². The van der Waals surface area contributed by atoms with E-state index in [1.165, 1.54) is 0 Å². The van der Waals surface area contributed by atoms with Crippen molar-refractivity contribution in [2.75, 3.05) is 25.0 Å². The van der Waals surface area contributed by atoms with Gasteiger partial charge in [0.15, 0.2) is 0 Å². The van der Waals surface area contributed by atoms with E-state index in [-0.39, 0.29) is 12.0 Å². The Morgan fingerprint density at radius 3 is 3.16 bits per heavy atom. The molecule has 0 bridgehead atoms. The Morgan fingerprint density at radius 1 is 1.42 bits per heavy atom. The Kier molecular flexibility index (Phi) is 3.48. The van der Waals surface area contributed by atoms with Crippen LogP contribution in [-0.4, -0.2) is 31.7 Å². The van der Waals surface area contributed by atoms with E-state index in [1.54, 1.807) is 6.26 Å². The summed E-state index contributed by atoms with van der Waals surface area (Å²) in [5.41, 5.74) is 1.48. The molecular weight excluding hydrogens is 244 g/mol. The van der Waals surface area contributed by atoms with Crippen LogP contribution in [0.4, 0.5) is 5.69 Å². The molecule has 1 aromatic heterocycles. The van der Waals surface area contributed by atoms with E-state index < -0.39 is 0 Å². The Morgan fingerprint density at radius 2 is 2.32 bits per heavy atom. The largest absolute Gasteiger partial charge is 0.462 e. The Hall–Kier alpha value is -1.85. The van der Waals surface area contributed by atoms with Crippen LogP contribution in [0.25, 0.3) is 11.0 Å². The minimum atomic E-state index is -0.0553. The van der Waals surface area contributed by atoms with E-state index >= 15 is 0 Å². The number of nitrogens with one attached hydrogen (secondary N) is 2. The van der Waals surface area contributed by atoms with E-state index in [1.807, 2.05) is 24.3 Å². The highest BCUT2D eigenvalue weighted by atomic mass is 16.5. The van der Waals surface area contributed by atoms with Gasteiger partial charge in [0.2, 0.25) is 5.91 Å². The fourth-order valence-electron chi connectivity index (χ4n) is 2.23. The number of furan rings is 1. The van der Waals surface area contributed by atoms with Gasteiger partial charge in [-0.25, -0.2) is 0 Å². The number of fused-ring (bicyclic) bond motifs is 1. The number of ether oxygens (including phenoxy) is 1. The van der Waals surface area contributed by atoms with Crippen molar-refractivity contribution in [3.63, 3.8) is 0 Å². The van der Waals surface area contributed by atoms with Crippen molar-refractivity contribution in [2.24, 2.45) is 0 Å². The normalized spacial score (nSPS) is 19.5. The minimum absolute atomic E-state index is 0.0492. The van der Waals surface area contributed by atoms with E-state index in [2.05, 4.69) is 10.6 Å². The smallest absolute Gasteiger partial charge is 0.227 e. The van der Waals surface area contributed by atoms with Gasteiger partial charge in [0.25, 0.3) is 0 Å². The first kappa shape index (κ1) is 12.2. The molecule has 1 fully saturated rings. The van der Waals surface area contributed by atoms with Crippen molar-refractivity contribution < 1.29 is 13.9 Å². The van der Waals surface area contributed by atoms with Gasteiger partial charge in [-0.15, -0.1) is 0 Å². The zero-order valence-electron chi connectivity index (χ0n) is 10.5. The van der Waals surface area contributed by atoms with Gasteiger partial charge in [0.05, 0.1) is 24.8 Å². The van der Waals surface area contributed by atoms with Crippen LogP contribution in [0.1, 0.15) is 6.42 Å². The van der Waals surface area contributed by atoms with Gasteiger partial charge in [-0.2, -0.15) is 0 Å². The average Bonchev–Trinajstić information content (AvgIpc) is 2.83. The summed E-state index contributed by atoms with van der Waals surface area (Å²) in [5.74, 6) is -0.0553. The van der Waals surface area contributed by atoms with Crippen molar-refractivity contribution in [1.29, 1.82) is 0 Å². The molecule has 2 heterocycles. The van der Waals surface area contributed by atoms with E-state index in [9.17, 15) is 4.79 Å². The molecule has 1 aliphatic heterocycles. The number of anilines is 1.